The lowest BCUT2D eigenvalue weighted by molar-refractivity contribution is 0.292. The van der Waals surface area contributed by atoms with Crippen LogP contribution in [-0.2, 0) is 6.42 Å². The molecule has 0 spiro atoms. The van der Waals surface area contributed by atoms with E-state index in [-0.39, 0.29) is 0 Å². The number of hydrogen-bond donors (Lipinski definition) is 1. The van der Waals surface area contributed by atoms with E-state index >= 15 is 0 Å². The summed E-state index contributed by atoms with van der Waals surface area (Å²) in [6, 6.07) is 4.80. The smallest absolute Gasteiger partial charge is 0.0420 e. The normalized spacial score (nSPS) is 19.7. The fraction of sp³-hybridized carbons (Fsp3) is 0.688. The SMILES string of the molecule is CNC(Cc1ccc(Br)cn1)C1CCCCCCC1. The molecule has 0 amide bonds. The molecule has 19 heavy (non-hydrogen) atoms. The van der Waals surface area contributed by atoms with Crippen molar-refractivity contribution in [1.29, 1.82) is 0 Å². The minimum Gasteiger partial charge on any atom is -0.316 e. The largest absolute Gasteiger partial charge is 0.316 e. The highest BCUT2D eigenvalue weighted by Crippen LogP contribution is 2.26. The molecule has 0 aliphatic heterocycles. The molecule has 1 aliphatic rings. The van der Waals surface area contributed by atoms with Crippen LogP contribution in [0.1, 0.15) is 50.6 Å². The highest BCUT2D eigenvalue weighted by atomic mass is 79.9. The molecule has 0 aromatic carbocycles. The zero-order valence-corrected chi connectivity index (χ0v) is 13.5. The summed E-state index contributed by atoms with van der Waals surface area (Å²) in [5.41, 5.74) is 1.20. The van der Waals surface area contributed by atoms with E-state index in [1.165, 1.54) is 50.6 Å². The van der Waals surface area contributed by atoms with Crippen LogP contribution < -0.4 is 5.32 Å². The summed E-state index contributed by atoms with van der Waals surface area (Å²) in [4.78, 5) is 4.52. The van der Waals surface area contributed by atoms with Gasteiger partial charge in [0.25, 0.3) is 0 Å². The molecule has 1 unspecified atom stereocenters. The maximum Gasteiger partial charge on any atom is 0.0420 e. The third kappa shape index (κ3) is 4.88. The average molecular weight is 325 g/mol. The summed E-state index contributed by atoms with van der Waals surface area (Å²) in [7, 11) is 2.10. The maximum absolute atomic E-state index is 4.52. The van der Waals surface area contributed by atoms with Crippen LogP contribution >= 0.6 is 15.9 Å². The van der Waals surface area contributed by atoms with E-state index in [9.17, 15) is 0 Å². The summed E-state index contributed by atoms with van der Waals surface area (Å²) in [6.07, 6.45) is 12.8. The lowest BCUT2D eigenvalue weighted by Crippen LogP contribution is -2.36. The molecule has 1 fully saturated rings. The minimum absolute atomic E-state index is 0.576. The molecule has 1 heterocycles. The van der Waals surface area contributed by atoms with Crippen molar-refractivity contribution < 1.29 is 0 Å². The molecular weight excluding hydrogens is 300 g/mol. The minimum atomic E-state index is 0.576. The topological polar surface area (TPSA) is 24.9 Å². The number of pyridine rings is 1. The van der Waals surface area contributed by atoms with Gasteiger partial charge in [0, 0.05) is 28.8 Å². The van der Waals surface area contributed by atoms with Crippen molar-refractivity contribution in [2.24, 2.45) is 5.92 Å². The van der Waals surface area contributed by atoms with Crippen molar-refractivity contribution >= 4 is 15.9 Å². The Morgan fingerprint density at radius 1 is 1.21 bits per heavy atom. The van der Waals surface area contributed by atoms with Crippen LogP contribution in [0.2, 0.25) is 0 Å². The fourth-order valence-corrected chi connectivity index (χ4v) is 3.38. The quantitative estimate of drug-likeness (QED) is 0.891. The molecule has 2 nitrogen and oxygen atoms in total. The summed E-state index contributed by atoms with van der Waals surface area (Å²) < 4.78 is 1.06. The summed E-state index contributed by atoms with van der Waals surface area (Å²) in [6.45, 7) is 0. The van der Waals surface area contributed by atoms with Gasteiger partial charge in [-0.1, -0.05) is 32.1 Å². The highest BCUT2D eigenvalue weighted by molar-refractivity contribution is 9.10. The number of aromatic nitrogens is 1. The number of rotatable bonds is 4. The van der Waals surface area contributed by atoms with E-state index in [0.29, 0.717) is 6.04 Å². The first-order chi connectivity index (χ1) is 9.29. The average Bonchev–Trinajstić information content (AvgIpc) is 2.38. The first-order valence-electron chi connectivity index (χ1n) is 7.57. The lowest BCUT2D eigenvalue weighted by Gasteiger charge is -2.28. The lowest BCUT2D eigenvalue weighted by atomic mass is 9.84. The van der Waals surface area contributed by atoms with Crippen molar-refractivity contribution in [3.05, 3.63) is 28.5 Å². The molecule has 1 N–H and O–H groups in total. The molecule has 0 saturated heterocycles. The molecule has 1 aromatic rings. The predicted octanol–water partition coefficient (Wildman–Crippen LogP) is 4.34. The number of nitrogens with one attached hydrogen (secondary N) is 1. The van der Waals surface area contributed by atoms with Crippen LogP contribution in [0.15, 0.2) is 22.8 Å². The standard InChI is InChI=1S/C16H25BrN2/c1-18-16(11-15-10-9-14(17)12-19-15)13-7-5-3-2-4-6-8-13/h9-10,12-13,16,18H,2-8,11H2,1H3. The van der Waals surface area contributed by atoms with E-state index < -0.39 is 0 Å². The van der Waals surface area contributed by atoms with Crippen LogP contribution in [0, 0.1) is 5.92 Å². The number of hydrogen-bond acceptors (Lipinski definition) is 2. The van der Waals surface area contributed by atoms with Gasteiger partial charge in [-0.15, -0.1) is 0 Å². The van der Waals surface area contributed by atoms with Gasteiger partial charge in [0.15, 0.2) is 0 Å². The molecule has 3 heteroatoms. The Hall–Kier alpha value is -0.410. The Morgan fingerprint density at radius 3 is 2.47 bits per heavy atom. The van der Waals surface area contributed by atoms with Crippen molar-refractivity contribution in [2.45, 2.75) is 57.4 Å². The predicted molar refractivity (Wildman–Crippen MR) is 84.3 cm³/mol. The van der Waals surface area contributed by atoms with Crippen LogP contribution in [0.5, 0.6) is 0 Å². The van der Waals surface area contributed by atoms with Gasteiger partial charge < -0.3 is 5.32 Å². The second-order valence-corrected chi connectivity index (χ2v) is 6.59. The van der Waals surface area contributed by atoms with Crippen LogP contribution in [-0.4, -0.2) is 18.1 Å². The van der Waals surface area contributed by atoms with Gasteiger partial charge in [-0.05, 0) is 53.9 Å². The molecule has 1 atom stereocenters. The van der Waals surface area contributed by atoms with E-state index in [1.54, 1.807) is 0 Å². The third-order valence-corrected chi connectivity index (χ3v) is 4.78. The first-order valence-corrected chi connectivity index (χ1v) is 8.36. The summed E-state index contributed by atoms with van der Waals surface area (Å²) in [5, 5.41) is 3.53. The molecule has 106 valence electrons. The second kappa shape index (κ2) is 8.01. The molecular formula is C16H25BrN2. The zero-order valence-electron chi connectivity index (χ0n) is 11.9. The van der Waals surface area contributed by atoms with Crippen molar-refractivity contribution in [3.8, 4) is 0 Å². The fourth-order valence-electron chi connectivity index (χ4n) is 3.15. The Labute approximate surface area is 125 Å². The van der Waals surface area contributed by atoms with Crippen molar-refractivity contribution in [1.82, 2.24) is 10.3 Å². The maximum atomic E-state index is 4.52. The van der Waals surface area contributed by atoms with Gasteiger partial charge in [0.1, 0.15) is 0 Å². The second-order valence-electron chi connectivity index (χ2n) is 5.67. The van der Waals surface area contributed by atoms with Crippen molar-refractivity contribution in [2.75, 3.05) is 7.05 Å². The Kier molecular flexibility index (Phi) is 6.32. The van der Waals surface area contributed by atoms with Crippen LogP contribution in [0.3, 0.4) is 0 Å². The highest BCUT2D eigenvalue weighted by Gasteiger charge is 2.21. The van der Waals surface area contributed by atoms with Gasteiger partial charge in [0.2, 0.25) is 0 Å². The molecule has 2 rings (SSSR count). The third-order valence-electron chi connectivity index (χ3n) is 4.31. The van der Waals surface area contributed by atoms with Gasteiger partial charge in [-0.3, -0.25) is 4.98 Å². The first kappa shape index (κ1) is 15.0. The monoisotopic (exact) mass is 324 g/mol. The van der Waals surface area contributed by atoms with Crippen molar-refractivity contribution in [3.63, 3.8) is 0 Å². The summed E-state index contributed by atoms with van der Waals surface area (Å²) >= 11 is 3.45. The van der Waals surface area contributed by atoms with Gasteiger partial charge in [-0.25, -0.2) is 0 Å². The molecule has 1 saturated carbocycles. The van der Waals surface area contributed by atoms with Crippen LogP contribution in [0.4, 0.5) is 0 Å². The number of halogens is 1. The van der Waals surface area contributed by atoms with Gasteiger partial charge in [0.05, 0.1) is 0 Å². The van der Waals surface area contributed by atoms with E-state index in [0.717, 1.165) is 16.8 Å². The Bertz CT molecular complexity index is 356. The number of nitrogens with zero attached hydrogens (tertiary/aromatic N) is 1. The van der Waals surface area contributed by atoms with Crippen LogP contribution in [0.25, 0.3) is 0 Å². The zero-order chi connectivity index (χ0) is 13.5. The molecule has 1 aliphatic carbocycles. The molecule has 0 radical (unpaired) electrons. The summed E-state index contributed by atoms with van der Waals surface area (Å²) in [5.74, 6) is 0.816. The Balaban J connectivity index is 1.95. The molecule has 1 aromatic heterocycles. The van der Waals surface area contributed by atoms with E-state index in [1.807, 2.05) is 6.20 Å². The van der Waals surface area contributed by atoms with E-state index in [4.69, 9.17) is 0 Å². The Morgan fingerprint density at radius 2 is 1.89 bits per heavy atom. The molecule has 0 bridgehead atoms. The van der Waals surface area contributed by atoms with Gasteiger partial charge in [-0.2, -0.15) is 0 Å². The van der Waals surface area contributed by atoms with E-state index in [2.05, 4.69) is 45.4 Å². The van der Waals surface area contributed by atoms with Gasteiger partial charge >= 0.3 is 0 Å². The number of likely N-dealkylation sites (N-methyl/N-ethyl adjacent to an activating group) is 1.